The van der Waals surface area contributed by atoms with Crippen molar-refractivity contribution in [1.82, 2.24) is 0 Å². The lowest BCUT2D eigenvalue weighted by Crippen LogP contribution is -2.42. The standard InChI is InChI=1S/C14H23FN2/c1-11(2)8-9-14(3,10-16)17-13-6-4-12(15)5-7-13/h4-7,11,17H,8-10,16H2,1-3H3. The Hall–Kier alpha value is -1.09. The van der Waals surface area contributed by atoms with Crippen molar-refractivity contribution in [3.05, 3.63) is 30.1 Å². The van der Waals surface area contributed by atoms with Crippen molar-refractivity contribution < 1.29 is 4.39 Å². The van der Waals surface area contributed by atoms with E-state index in [0.29, 0.717) is 12.5 Å². The first kappa shape index (κ1) is 14.0. The molecule has 0 saturated carbocycles. The molecule has 1 atom stereocenters. The van der Waals surface area contributed by atoms with Crippen molar-refractivity contribution in [2.24, 2.45) is 11.7 Å². The van der Waals surface area contributed by atoms with Crippen LogP contribution in [-0.4, -0.2) is 12.1 Å². The molecule has 0 heterocycles. The first-order valence-electron chi connectivity index (χ1n) is 6.19. The van der Waals surface area contributed by atoms with Gasteiger partial charge in [-0.05, 0) is 49.9 Å². The van der Waals surface area contributed by atoms with E-state index in [1.807, 2.05) is 0 Å². The minimum Gasteiger partial charge on any atom is -0.379 e. The predicted octanol–water partition coefficient (Wildman–Crippen LogP) is 3.39. The smallest absolute Gasteiger partial charge is 0.123 e. The van der Waals surface area contributed by atoms with Crippen LogP contribution in [0, 0.1) is 11.7 Å². The first-order valence-corrected chi connectivity index (χ1v) is 6.19. The largest absolute Gasteiger partial charge is 0.379 e. The van der Waals surface area contributed by atoms with Gasteiger partial charge in [0.2, 0.25) is 0 Å². The van der Waals surface area contributed by atoms with Crippen LogP contribution >= 0.6 is 0 Å². The molecule has 0 saturated heterocycles. The second kappa shape index (κ2) is 6.01. The van der Waals surface area contributed by atoms with Gasteiger partial charge in [0.05, 0.1) is 0 Å². The van der Waals surface area contributed by atoms with E-state index >= 15 is 0 Å². The van der Waals surface area contributed by atoms with Gasteiger partial charge in [0.1, 0.15) is 5.82 Å². The molecule has 3 N–H and O–H groups in total. The van der Waals surface area contributed by atoms with Gasteiger partial charge in [0, 0.05) is 17.8 Å². The number of halogens is 1. The van der Waals surface area contributed by atoms with Gasteiger partial charge in [0.25, 0.3) is 0 Å². The lowest BCUT2D eigenvalue weighted by molar-refractivity contribution is 0.420. The molecule has 0 aromatic heterocycles. The molecule has 0 aliphatic carbocycles. The molecule has 1 aromatic carbocycles. The zero-order valence-electron chi connectivity index (χ0n) is 11.0. The lowest BCUT2D eigenvalue weighted by atomic mass is 9.91. The molecule has 0 bridgehead atoms. The lowest BCUT2D eigenvalue weighted by Gasteiger charge is -2.31. The molecular weight excluding hydrogens is 215 g/mol. The van der Waals surface area contributed by atoms with Gasteiger partial charge in [-0.25, -0.2) is 4.39 Å². The molecule has 1 unspecified atom stereocenters. The monoisotopic (exact) mass is 238 g/mol. The van der Waals surface area contributed by atoms with Gasteiger partial charge in [0.15, 0.2) is 0 Å². The van der Waals surface area contributed by atoms with Crippen molar-refractivity contribution in [3.63, 3.8) is 0 Å². The van der Waals surface area contributed by atoms with E-state index in [9.17, 15) is 4.39 Å². The molecule has 0 amide bonds. The molecule has 96 valence electrons. The van der Waals surface area contributed by atoms with Crippen molar-refractivity contribution >= 4 is 5.69 Å². The van der Waals surface area contributed by atoms with Gasteiger partial charge < -0.3 is 11.1 Å². The Kier molecular flexibility index (Phi) is 4.94. The van der Waals surface area contributed by atoms with E-state index in [0.717, 1.165) is 18.5 Å². The highest BCUT2D eigenvalue weighted by Crippen LogP contribution is 2.21. The number of anilines is 1. The Bertz CT molecular complexity index is 335. The average molecular weight is 238 g/mol. The van der Waals surface area contributed by atoms with E-state index in [2.05, 4.69) is 26.1 Å². The fourth-order valence-corrected chi connectivity index (χ4v) is 1.70. The highest BCUT2D eigenvalue weighted by Gasteiger charge is 2.22. The summed E-state index contributed by atoms with van der Waals surface area (Å²) in [6.07, 6.45) is 2.14. The fraction of sp³-hybridized carbons (Fsp3) is 0.571. The first-order chi connectivity index (χ1) is 7.95. The van der Waals surface area contributed by atoms with Gasteiger partial charge in [-0.15, -0.1) is 0 Å². The third kappa shape index (κ3) is 4.73. The van der Waals surface area contributed by atoms with Gasteiger partial charge >= 0.3 is 0 Å². The molecule has 3 heteroatoms. The summed E-state index contributed by atoms with van der Waals surface area (Å²) in [5.41, 5.74) is 6.63. The number of hydrogen-bond acceptors (Lipinski definition) is 2. The zero-order chi connectivity index (χ0) is 12.9. The number of nitrogens with one attached hydrogen (secondary N) is 1. The van der Waals surface area contributed by atoms with Crippen molar-refractivity contribution in [3.8, 4) is 0 Å². The molecule has 0 radical (unpaired) electrons. The number of rotatable bonds is 6. The predicted molar refractivity (Wildman–Crippen MR) is 71.6 cm³/mol. The summed E-state index contributed by atoms with van der Waals surface area (Å²) < 4.78 is 12.8. The summed E-state index contributed by atoms with van der Waals surface area (Å²) in [5.74, 6) is 0.447. The molecule has 0 aliphatic rings. The van der Waals surface area contributed by atoms with E-state index in [4.69, 9.17) is 5.73 Å². The topological polar surface area (TPSA) is 38.0 Å². The summed E-state index contributed by atoms with van der Waals surface area (Å²) in [4.78, 5) is 0. The van der Waals surface area contributed by atoms with Crippen LogP contribution in [0.2, 0.25) is 0 Å². The summed E-state index contributed by atoms with van der Waals surface area (Å²) in [5, 5.41) is 3.40. The van der Waals surface area contributed by atoms with Crippen LogP contribution in [0.5, 0.6) is 0 Å². The summed E-state index contributed by atoms with van der Waals surface area (Å²) in [6, 6.07) is 6.42. The third-order valence-electron chi connectivity index (χ3n) is 3.01. The van der Waals surface area contributed by atoms with Crippen LogP contribution in [0.1, 0.15) is 33.6 Å². The summed E-state index contributed by atoms with van der Waals surface area (Å²) >= 11 is 0. The Morgan fingerprint density at radius 1 is 1.29 bits per heavy atom. The summed E-state index contributed by atoms with van der Waals surface area (Å²) in [7, 11) is 0. The van der Waals surface area contributed by atoms with E-state index in [1.165, 1.54) is 12.1 Å². The van der Waals surface area contributed by atoms with Crippen molar-refractivity contribution in [2.45, 2.75) is 39.2 Å². The molecule has 2 nitrogen and oxygen atoms in total. The maximum atomic E-state index is 12.8. The normalized spacial score (nSPS) is 14.7. The van der Waals surface area contributed by atoms with Crippen LogP contribution in [0.25, 0.3) is 0 Å². The van der Waals surface area contributed by atoms with Gasteiger partial charge in [-0.1, -0.05) is 13.8 Å². The maximum absolute atomic E-state index is 12.8. The minimum absolute atomic E-state index is 0.123. The van der Waals surface area contributed by atoms with Crippen LogP contribution in [0.4, 0.5) is 10.1 Å². The highest BCUT2D eigenvalue weighted by molar-refractivity contribution is 5.45. The highest BCUT2D eigenvalue weighted by atomic mass is 19.1. The van der Waals surface area contributed by atoms with Crippen LogP contribution < -0.4 is 11.1 Å². The molecule has 17 heavy (non-hydrogen) atoms. The Morgan fingerprint density at radius 2 is 1.88 bits per heavy atom. The van der Waals surface area contributed by atoms with Crippen molar-refractivity contribution in [2.75, 3.05) is 11.9 Å². The Morgan fingerprint density at radius 3 is 2.35 bits per heavy atom. The molecule has 1 aromatic rings. The second-order valence-electron chi connectivity index (χ2n) is 5.33. The fourth-order valence-electron chi connectivity index (χ4n) is 1.70. The maximum Gasteiger partial charge on any atom is 0.123 e. The SMILES string of the molecule is CC(C)CCC(C)(CN)Nc1ccc(F)cc1. The second-order valence-corrected chi connectivity index (χ2v) is 5.33. The number of hydrogen-bond donors (Lipinski definition) is 2. The van der Waals surface area contributed by atoms with E-state index in [1.54, 1.807) is 12.1 Å². The summed E-state index contributed by atoms with van der Waals surface area (Å²) in [6.45, 7) is 7.08. The molecule has 1 rings (SSSR count). The van der Waals surface area contributed by atoms with E-state index in [-0.39, 0.29) is 11.4 Å². The minimum atomic E-state index is -0.216. The van der Waals surface area contributed by atoms with Crippen LogP contribution in [0.15, 0.2) is 24.3 Å². The third-order valence-corrected chi connectivity index (χ3v) is 3.01. The molecule has 0 fully saturated rings. The molecule has 0 aliphatic heterocycles. The van der Waals surface area contributed by atoms with Gasteiger partial charge in [-0.2, -0.15) is 0 Å². The van der Waals surface area contributed by atoms with Crippen LogP contribution in [-0.2, 0) is 0 Å². The Labute approximate surface area is 103 Å². The number of benzene rings is 1. The molecule has 0 spiro atoms. The molecular formula is C14H23FN2. The van der Waals surface area contributed by atoms with Crippen LogP contribution in [0.3, 0.4) is 0 Å². The van der Waals surface area contributed by atoms with Crippen molar-refractivity contribution in [1.29, 1.82) is 0 Å². The quantitative estimate of drug-likeness (QED) is 0.797. The Balaban J connectivity index is 2.64. The average Bonchev–Trinajstić information content (AvgIpc) is 2.30. The zero-order valence-corrected chi connectivity index (χ0v) is 11.0. The van der Waals surface area contributed by atoms with Gasteiger partial charge in [-0.3, -0.25) is 0 Å². The van der Waals surface area contributed by atoms with E-state index < -0.39 is 0 Å². The number of nitrogens with two attached hydrogens (primary N) is 1.